The second-order valence-corrected chi connectivity index (χ2v) is 4.00. The molecule has 1 saturated carbocycles. The number of aliphatic hydroxyl groups excluding tert-OH is 1. The summed E-state index contributed by atoms with van der Waals surface area (Å²) < 4.78 is 5.22. The maximum absolute atomic E-state index is 9.22. The normalized spacial score (nSPS) is 50.7. The average molecular weight is 156 g/mol. The summed E-state index contributed by atoms with van der Waals surface area (Å²) in [6, 6.07) is 0. The minimum absolute atomic E-state index is 0.471. The number of aliphatic hydroxyl groups is 1. The number of rotatable bonds is 0. The van der Waals surface area contributed by atoms with E-state index in [4.69, 9.17) is 4.74 Å². The lowest BCUT2D eigenvalue weighted by molar-refractivity contribution is -0.157. The van der Waals surface area contributed by atoms with E-state index in [2.05, 4.69) is 6.92 Å². The van der Waals surface area contributed by atoms with Gasteiger partial charge in [0.25, 0.3) is 0 Å². The van der Waals surface area contributed by atoms with Crippen LogP contribution in [0, 0.1) is 17.8 Å². The molecular formula is C9H16O2. The first kappa shape index (κ1) is 7.56. The quantitative estimate of drug-likeness (QED) is 0.574. The smallest absolute Gasteiger partial charge is 0.154 e. The van der Waals surface area contributed by atoms with Crippen molar-refractivity contribution in [3.8, 4) is 0 Å². The van der Waals surface area contributed by atoms with Crippen LogP contribution in [-0.4, -0.2) is 18.0 Å². The summed E-state index contributed by atoms with van der Waals surface area (Å²) in [6.45, 7) is 3.08. The van der Waals surface area contributed by atoms with Crippen molar-refractivity contribution < 1.29 is 9.84 Å². The van der Waals surface area contributed by atoms with Crippen LogP contribution in [0.15, 0.2) is 0 Å². The minimum Gasteiger partial charge on any atom is -0.368 e. The molecule has 2 nitrogen and oxygen atoms in total. The molecule has 2 aliphatic rings. The van der Waals surface area contributed by atoms with Gasteiger partial charge in [-0.15, -0.1) is 0 Å². The zero-order valence-electron chi connectivity index (χ0n) is 6.99. The zero-order valence-corrected chi connectivity index (χ0v) is 6.99. The molecule has 2 heteroatoms. The molecule has 0 bridgehead atoms. The molecule has 2 rings (SSSR count). The molecule has 11 heavy (non-hydrogen) atoms. The number of hydrogen-bond donors (Lipinski definition) is 1. The first-order valence-electron chi connectivity index (χ1n) is 4.57. The molecule has 4 atom stereocenters. The van der Waals surface area contributed by atoms with E-state index in [0.29, 0.717) is 0 Å². The van der Waals surface area contributed by atoms with Gasteiger partial charge in [0.15, 0.2) is 6.29 Å². The van der Waals surface area contributed by atoms with Gasteiger partial charge >= 0.3 is 0 Å². The molecule has 0 amide bonds. The van der Waals surface area contributed by atoms with E-state index in [0.717, 1.165) is 30.8 Å². The molecule has 1 N–H and O–H groups in total. The summed E-state index contributed by atoms with van der Waals surface area (Å²) in [7, 11) is 0. The van der Waals surface area contributed by atoms with Crippen molar-refractivity contribution in [2.24, 2.45) is 17.8 Å². The van der Waals surface area contributed by atoms with E-state index < -0.39 is 6.29 Å². The highest BCUT2D eigenvalue weighted by Gasteiger charge is 2.38. The third-order valence-corrected chi connectivity index (χ3v) is 3.31. The average Bonchev–Trinajstić information content (AvgIpc) is 2.32. The van der Waals surface area contributed by atoms with Crippen molar-refractivity contribution >= 4 is 0 Å². The number of fused-ring (bicyclic) bond motifs is 1. The SMILES string of the molecule is C[C@@H]1CC[C@H]2CC(O)OC[C@H]21. The van der Waals surface area contributed by atoms with Crippen LogP contribution in [0.1, 0.15) is 26.2 Å². The second-order valence-electron chi connectivity index (χ2n) is 4.00. The van der Waals surface area contributed by atoms with E-state index in [1.54, 1.807) is 0 Å². The molecule has 0 spiro atoms. The highest BCUT2D eigenvalue weighted by Crippen LogP contribution is 2.42. The van der Waals surface area contributed by atoms with Gasteiger partial charge in [0.2, 0.25) is 0 Å². The maximum Gasteiger partial charge on any atom is 0.154 e. The Balaban J connectivity index is 2.00. The van der Waals surface area contributed by atoms with Crippen molar-refractivity contribution in [3.63, 3.8) is 0 Å². The van der Waals surface area contributed by atoms with Crippen molar-refractivity contribution in [2.75, 3.05) is 6.61 Å². The lowest BCUT2D eigenvalue weighted by Gasteiger charge is -2.31. The fourth-order valence-electron chi connectivity index (χ4n) is 2.51. The zero-order chi connectivity index (χ0) is 7.84. The molecule has 0 radical (unpaired) electrons. The second kappa shape index (κ2) is 2.76. The van der Waals surface area contributed by atoms with Crippen LogP contribution in [0.3, 0.4) is 0 Å². The van der Waals surface area contributed by atoms with Gasteiger partial charge in [-0.1, -0.05) is 13.3 Å². The Kier molecular flexibility index (Phi) is 1.90. The van der Waals surface area contributed by atoms with Gasteiger partial charge in [0, 0.05) is 6.42 Å². The molecule has 0 aromatic heterocycles. The van der Waals surface area contributed by atoms with Gasteiger partial charge in [-0.3, -0.25) is 0 Å². The molecule has 1 heterocycles. The summed E-state index contributed by atoms with van der Waals surface area (Å²) in [5.74, 6) is 2.29. The fourth-order valence-corrected chi connectivity index (χ4v) is 2.51. The standard InChI is InChI=1S/C9H16O2/c1-6-2-3-7-4-9(10)11-5-8(6)7/h6-10H,2-5H2,1H3/t6-,7+,8+,9?/m1/s1. The first-order chi connectivity index (χ1) is 5.27. The summed E-state index contributed by atoms with van der Waals surface area (Å²) in [6.07, 6.45) is 3.02. The Morgan fingerprint density at radius 1 is 1.36 bits per heavy atom. The van der Waals surface area contributed by atoms with E-state index >= 15 is 0 Å². The van der Waals surface area contributed by atoms with Crippen LogP contribution in [0.4, 0.5) is 0 Å². The Morgan fingerprint density at radius 3 is 3.00 bits per heavy atom. The molecule has 1 aliphatic carbocycles. The van der Waals surface area contributed by atoms with Crippen molar-refractivity contribution in [3.05, 3.63) is 0 Å². The van der Waals surface area contributed by atoms with Gasteiger partial charge in [-0.05, 0) is 24.2 Å². The molecule has 1 saturated heterocycles. The Bertz CT molecular complexity index is 146. The van der Waals surface area contributed by atoms with Crippen LogP contribution in [0.25, 0.3) is 0 Å². The van der Waals surface area contributed by atoms with E-state index in [-0.39, 0.29) is 0 Å². The third-order valence-electron chi connectivity index (χ3n) is 3.31. The van der Waals surface area contributed by atoms with Crippen LogP contribution in [0.2, 0.25) is 0 Å². The lowest BCUT2D eigenvalue weighted by atomic mass is 9.87. The monoisotopic (exact) mass is 156 g/mol. The molecule has 2 fully saturated rings. The molecule has 1 unspecified atom stereocenters. The molecule has 64 valence electrons. The van der Waals surface area contributed by atoms with E-state index in [9.17, 15) is 5.11 Å². The largest absolute Gasteiger partial charge is 0.368 e. The highest BCUT2D eigenvalue weighted by atomic mass is 16.6. The van der Waals surface area contributed by atoms with Crippen molar-refractivity contribution in [1.29, 1.82) is 0 Å². The van der Waals surface area contributed by atoms with Crippen molar-refractivity contribution in [2.45, 2.75) is 32.5 Å². The fraction of sp³-hybridized carbons (Fsp3) is 1.00. The minimum atomic E-state index is -0.471. The van der Waals surface area contributed by atoms with E-state index in [1.165, 1.54) is 12.8 Å². The summed E-state index contributed by atoms with van der Waals surface area (Å²) in [4.78, 5) is 0. The topological polar surface area (TPSA) is 29.5 Å². The Labute approximate surface area is 67.6 Å². The molecule has 0 aromatic carbocycles. The van der Waals surface area contributed by atoms with Gasteiger partial charge in [0.1, 0.15) is 0 Å². The third kappa shape index (κ3) is 1.30. The van der Waals surface area contributed by atoms with Crippen LogP contribution in [-0.2, 0) is 4.74 Å². The lowest BCUT2D eigenvalue weighted by Crippen LogP contribution is -2.32. The Morgan fingerprint density at radius 2 is 2.18 bits per heavy atom. The predicted octanol–water partition coefficient (Wildman–Crippen LogP) is 1.39. The predicted molar refractivity (Wildman–Crippen MR) is 42.0 cm³/mol. The number of ether oxygens (including phenoxy) is 1. The number of hydrogen-bond acceptors (Lipinski definition) is 2. The maximum atomic E-state index is 9.22. The first-order valence-corrected chi connectivity index (χ1v) is 4.57. The van der Waals surface area contributed by atoms with Gasteiger partial charge in [0.05, 0.1) is 6.61 Å². The van der Waals surface area contributed by atoms with E-state index in [1.807, 2.05) is 0 Å². The summed E-state index contributed by atoms with van der Waals surface area (Å²) >= 11 is 0. The molecular weight excluding hydrogens is 140 g/mol. The van der Waals surface area contributed by atoms with Crippen LogP contribution in [0.5, 0.6) is 0 Å². The molecule has 1 aliphatic heterocycles. The van der Waals surface area contributed by atoms with Gasteiger partial charge < -0.3 is 9.84 Å². The summed E-state index contributed by atoms with van der Waals surface area (Å²) in [5, 5.41) is 9.22. The highest BCUT2D eigenvalue weighted by molar-refractivity contribution is 4.85. The van der Waals surface area contributed by atoms with Gasteiger partial charge in [-0.2, -0.15) is 0 Å². The van der Waals surface area contributed by atoms with Crippen LogP contribution >= 0.6 is 0 Å². The summed E-state index contributed by atoms with van der Waals surface area (Å²) in [5.41, 5.74) is 0. The Hall–Kier alpha value is -0.0800. The molecule has 0 aromatic rings. The van der Waals surface area contributed by atoms with Gasteiger partial charge in [-0.25, -0.2) is 0 Å². The van der Waals surface area contributed by atoms with Crippen molar-refractivity contribution in [1.82, 2.24) is 0 Å². The van der Waals surface area contributed by atoms with Crippen LogP contribution < -0.4 is 0 Å².